The van der Waals surface area contributed by atoms with Crippen molar-refractivity contribution in [2.24, 2.45) is 0 Å². The number of carbonyl (C=O) groups is 1. The van der Waals surface area contributed by atoms with E-state index in [0.717, 1.165) is 9.26 Å². The number of nitrogens with zero attached hydrogens (tertiary/aromatic N) is 1. The van der Waals surface area contributed by atoms with E-state index in [-0.39, 0.29) is 5.91 Å². The summed E-state index contributed by atoms with van der Waals surface area (Å²) in [6.07, 6.45) is 2.44. The summed E-state index contributed by atoms with van der Waals surface area (Å²) in [5, 5.41) is 2.90. The molecule has 2 rings (SSSR count). The first-order chi connectivity index (χ1) is 10.7. The lowest BCUT2D eigenvalue weighted by atomic mass is 10.2. The lowest BCUT2D eigenvalue weighted by molar-refractivity contribution is 0.0952. The Morgan fingerprint density at radius 2 is 1.95 bits per heavy atom. The molecule has 0 aliphatic heterocycles. The van der Waals surface area contributed by atoms with Gasteiger partial charge in [-0.2, -0.15) is 0 Å². The summed E-state index contributed by atoms with van der Waals surface area (Å²) < 4.78 is 11.3. The maximum atomic E-state index is 12.3. The molecule has 0 bridgehead atoms. The molecule has 1 N–H and O–H groups in total. The number of aromatic nitrogens is 1. The Hall–Kier alpha value is -1.83. The van der Waals surface area contributed by atoms with Crippen molar-refractivity contribution in [2.75, 3.05) is 20.8 Å². The van der Waals surface area contributed by atoms with E-state index in [2.05, 4.69) is 32.9 Å². The van der Waals surface area contributed by atoms with Crippen LogP contribution in [0.15, 0.2) is 36.5 Å². The fourth-order valence-electron chi connectivity index (χ4n) is 1.97. The first-order valence-corrected chi connectivity index (χ1v) is 7.83. The van der Waals surface area contributed by atoms with Crippen LogP contribution in [0, 0.1) is 3.57 Å². The highest BCUT2D eigenvalue weighted by molar-refractivity contribution is 14.1. The van der Waals surface area contributed by atoms with Crippen molar-refractivity contribution in [3.8, 4) is 11.5 Å². The van der Waals surface area contributed by atoms with Crippen LogP contribution in [0.2, 0.25) is 0 Å². The molecule has 1 heterocycles. The number of ether oxygens (including phenoxy) is 2. The van der Waals surface area contributed by atoms with Gasteiger partial charge in [0.2, 0.25) is 0 Å². The molecular weight excluding hydrogens is 395 g/mol. The number of methoxy groups -OCH3 is 2. The maximum Gasteiger partial charge on any atom is 0.252 e. The molecule has 0 fully saturated rings. The third-order valence-electron chi connectivity index (χ3n) is 3.11. The molecule has 0 spiro atoms. The average Bonchev–Trinajstić information content (AvgIpc) is 2.55. The Balaban J connectivity index is 2.03. The molecule has 2 aromatic rings. The van der Waals surface area contributed by atoms with Gasteiger partial charge in [-0.3, -0.25) is 9.78 Å². The smallest absolute Gasteiger partial charge is 0.252 e. The zero-order valence-electron chi connectivity index (χ0n) is 12.4. The van der Waals surface area contributed by atoms with E-state index in [1.807, 2.05) is 18.2 Å². The van der Waals surface area contributed by atoms with Gasteiger partial charge in [0.15, 0.2) is 11.5 Å². The predicted molar refractivity (Wildman–Crippen MR) is 92.5 cm³/mol. The minimum absolute atomic E-state index is 0.138. The molecule has 1 aromatic heterocycles. The van der Waals surface area contributed by atoms with Crippen LogP contribution in [0.3, 0.4) is 0 Å². The standard InChI is InChI=1S/C16H17IN2O3/c1-21-14-9-12(13(17)10-15(14)22-2)16(20)19-8-6-11-5-3-4-7-18-11/h3-5,7,9-10H,6,8H2,1-2H3,(H,19,20). The van der Waals surface area contributed by atoms with E-state index in [9.17, 15) is 4.79 Å². The van der Waals surface area contributed by atoms with Crippen molar-refractivity contribution < 1.29 is 14.3 Å². The van der Waals surface area contributed by atoms with Gasteiger partial charge in [0.1, 0.15) is 0 Å². The van der Waals surface area contributed by atoms with Gasteiger partial charge in [0.05, 0.1) is 19.8 Å². The van der Waals surface area contributed by atoms with E-state index in [4.69, 9.17) is 9.47 Å². The Morgan fingerprint density at radius 3 is 2.59 bits per heavy atom. The fourth-order valence-corrected chi connectivity index (χ4v) is 2.66. The Labute approximate surface area is 143 Å². The van der Waals surface area contributed by atoms with Gasteiger partial charge in [0, 0.05) is 28.4 Å². The third kappa shape index (κ3) is 4.09. The monoisotopic (exact) mass is 412 g/mol. The number of carbonyl (C=O) groups excluding carboxylic acids is 1. The van der Waals surface area contributed by atoms with Crippen molar-refractivity contribution in [3.63, 3.8) is 0 Å². The fraction of sp³-hybridized carbons (Fsp3) is 0.250. The second kappa shape index (κ2) is 7.98. The number of pyridine rings is 1. The van der Waals surface area contributed by atoms with Crippen LogP contribution in [0.1, 0.15) is 16.1 Å². The first-order valence-electron chi connectivity index (χ1n) is 6.75. The minimum Gasteiger partial charge on any atom is -0.493 e. The number of nitrogens with one attached hydrogen (secondary N) is 1. The SMILES string of the molecule is COc1cc(I)c(C(=O)NCCc2ccccn2)cc1OC. The summed E-state index contributed by atoms with van der Waals surface area (Å²) in [5.41, 5.74) is 1.52. The van der Waals surface area contributed by atoms with Crippen molar-refractivity contribution in [1.29, 1.82) is 0 Å². The Kier molecular flexibility index (Phi) is 6.00. The largest absolute Gasteiger partial charge is 0.493 e. The quantitative estimate of drug-likeness (QED) is 0.742. The van der Waals surface area contributed by atoms with Crippen molar-refractivity contribution in [1.82, 2.24) is 10.3 Å². The molecule has 0 unspecified atom stereocenters. The highest BCUT2D eigenvalue weighted by Crippen LogP contribution is 2.31. The van der Waals surface area contributed by atoms with Crippen LogP contribution in [-0.4, -0.2) is 31.7 Å². The lowest BCUT2D eigenvalue weighted by Crippen LogP contribution is -2.26. The number of halogens is 1. The van der Waals surface area contributed by atoms with Crippen molar-refractivity contribution >= 4 is 28.5 Å². The van der Waals surface area contributed by atoms with Crippen LogP contribution < -0.4 is 14.8 Å². The van der Waals surface area contributed by atoms with Gasteiger partial charge in [-0.25, -0.2) is 0 Å². The maximum absolute atomic E-state index is 12.3. The molecule has 0 saturated heterocycles. The molecule has 116 valence electrons. The van der Waals surface area contributed by atoms with E-state index >= 15 is 0 Å². The summed E-state index contributed by atoms with van der Waals surface area (Å²) in [6.45, 7) is 0.528. The second-order valence-corrected chi connectivity index (χ2v) is 5.68. The van der Waals surface area contributed by atoms with Gasteiger partial charge in [-0.1, -0.05) is 6.07 Å². The van der Waals surface area contributed by atoms with Crippen molar-refractivity contribution in [2.45, 2.75) is 6.42 Å². The zero-order valence-corrected chi connectivity index (χ0v) is 14.6. The predicted octanol–water partition coefficient (Wildman–Crippen LogP) is 2.68. The Morgan fingerprint density at radius 1 is 1.23 bits per heavy atom. The number of hydrogen-bond acceptors (Lipinski definition) is 4. The minimum atomic E-state index is -0.138. The summed E-state index contributed by atoms with van der Waals surface area (Å²) in [4.78, 5) is 16.5. The molecule has 6 heteroatoms. The third-order valence-corrected chi connectivity index (χ3v) is 4.00. The number of benzene rings is 1. The number of rotatable bonds is 6. The van der Waals surface area contributed by atoms with Gasteiger partial charge >= 0.3 is 0 Å². The van der Waals surface area contributed by atoms with E-state index in [0.29, 0.717) is 30.0 Å². The number of hydrogen-bond donors (Lipinski definition) is 1. The van der Waals surface area contributed by atoms with Gasteiger partial charge in [-0.05, 0) is 46.9 Å². The van der Waals surface area contributed by atoms with Crippen molar-refractivity contribution in [3.05, 3.63) is 51.4 Å². The lowest BCUT2D eigenvalue weighted by Gasteiger charge is -2.12. The average molecular weight is 412 g/mol. The molecule has 22 heavy (non-hydrogen) atoms. The molecule has 0 aliphatic carbocycles. The summed E-state index contributed by atoms with van der Waals surface area (Å²) in [6, 6.07) is 9.21. The van der Waals surface area contributed by atoms with Crippen LogP contribution in [0.5, 0.6) is 11.5 Å². The van der Waals surface area contributed by atoms with E-state index in [1.54, 1.807) is 32.5 Å². The first kappa shape index (κ1) is 16.5. The molecular formula is C16H17IN2O3. The van der Waals surface area contributed by atoms with Crippen LogP contribution in [-0.2, 0) is 6.42 Å². The van der Waals surface area contributed by atoms with Crippen LogP contribution >= 0.6 is 22.6 Å². The topological polar surface area (TPSA) is 60.5 Å². The molecule has 5 nitrogen and oxygen atoms in total. The van der Waals surface area contributed by atoms with Crippen LogP contribution in [0.25, 0.3) is 0 Å². The van der Waals surface area contributed by atoms with Gasteiger partial charge < -0.3 is 14.8 Å². The molecule has 0 saturated carbocycles. The molecule has 1 aromatic carbocycles. The Bertz CT molecular complexity index is 647. The van der Waals surface area contributed by atoms with Crippen LogP contribution in [0.4, 0.5) is 0 Å². The molecule has 0 atom stereocenters. The number of amides is 1. The van der Waals surface area contributed by atoms with Gasteiger partial charge in [-0.15, -0.1) is 0 Å². The normalized spacial score (nSPS) is 10.1. The van der Waals surface area contributed by atoms with E-state index < -0.39 is 0 Å². The summed E-state index contributed by atoms with van der Waals surface area (Å²) >= 11 is 2.11. The second-order valence-electron chi connectivity index (χ2n) is 4.51. The highest BCUT2D eigenvalue weighted by atomic mass is 127. The highest BCUT2D eigenvalue weighted by Gasteiger charge is 2.15. The summed E-state index contributed by atoms with van der Waals surface area (Å²) in [7, 11) is 3.12. The zero-order chi connectivity index (χ0) is 15.9. The van der Waals surface area contributed by atoms with Gasteiger partial charge in [0.25, 0.3) is 5.91 Å². The van der Waals surface area contributed by atoms with E-state index in [1.165, 1.54) is 0 Å². The molecule has 0 radical (unpaired) electrons. The molecule has 1 amide bonds. The molecule has 0 aliphatic rings. The summed E-state index contributed by atoms with van der Waals surface area (Å²) in [5.74, 6) is 1.01.